The standard InChI is InChI=1S/C27H34N2O5/c1-32-24-9-5-8-22(16-24)20-34-25-17-28(13-10-21-6-3-2-4-7-21)26(30)19-29(18-25)27(31)23-11-14-33-15-12-23/h2-9,16,23,25H,10-15,17-20H2,1H3. The van der Waals surface area contributed by atoms with Crippen LogP contribution in [0.25, 0.3) is 0 Å². The summed E-state index contributed by atoms with van der Waals surface area (Å²) in [5, 5.41) is 0. The lowest BCUT2D eigenvalue weighted by molar-refractivity contribution is -0.143. The van der Waals surface area contributed by atoms with Gasteiger partial charge in [0.15, 0.2) is 0 Å². The summed E-state index contributed by atoms with van der Waals surface area (Å²) in [6, 6.07) is 17.9. The van der Waals surface area contributed by atoms with Gasteiger partial charge in [-0.2, -0.15) is 0 Å². The first-order valence-corrected chi connectivity index (χ1v) is 12.0. The summed E-state index contributed by atoms with van der Waals surface area (Å²) in [5.41, 5.74) is 2.18. The van der Waals surface area contributed by atoms with Crippen LogP contribution >= 0.6 is 0 Å². The molecule has 2 amide bonds. The summed E-state index contributed by atoms with van der Waals surface area (Å²) in [4.78, 5) is 30.0. The van der Waals surface area contributed by atoms with Crippen LogP contribution in [0.15, 0.2) is 54.6 Å². The molecule has 7 heteroatoms. The molecule has 0 radical (unpaired) electrons. The maximum atomic E-state index is 13.3. The number of methoxy groups -OCH3 is 1. The number of carbonyl (C=O) groups excluding carboxylic acids is 2. The molecule has 2 aromatic rings. The lowest BCUT2D eigenvalue weighted by Crippen LogP contribution is -2.44. The zero-order chi connectivity index (χ0) is 23.8. The predicted molar refractivity (Wildman–Crippen MR) is 128 cm³/mol. The highest BCUT2D eigenvalue weighted by Gasteiger charge is 2.34. The van der Waals surface area contributed by atoms with Gasteiger partial charge in [-0.25, -0.2) is 0 Å². The van der Waals surface area contributed by atoms with Crippen molar-refractivity contribution in [3.63, 3.8) is 0 Å². The highest BCUT2D eigenvalue weighted by atomic mass is 16.5. The Labute approximate surface area is 201 Å². The van der Waals surface area contributed by atoms with Gasteiger partial charge >= 0.3 is 0 Å². The molecule has 2 aliphatic heterocycles. The molecule has 0 spiro atoms. The van der Waals surface area contributed by atoms with Crippen LogP contribution in [0.2, 0.25) is 0 Å². The zero-order valence-corrected chi connectivity index (χ0v) is 19.9. The van der Waals surface area contributed by atoms with Crippen LogP contribution in [0, 0.1) is 5.92 Å². The molecule has 0 bridgehead atoms. The molecule has 0 aromatic heterocycles. The highest BCUT2D eigenvalue weighted by molar-refractivity contribution is 5.86. The van der Waals surface area contributed by atoms with Crippen molar-refractivity contribution in [2.45, 2.75) is 32.0 Å². The van der Waals surface area contributed by atoms with Gasteiger partial charge in [0.25, 0.3) is 0 Å². The molecule has 2 aromatic carbocycles. The van der Waals surface area contributed by atoms with E-state index in [1.807, 2.05) is 47.4 Å². The molecule has 7 nitrogen and oxygen atoms in total. The Morgan fingerprint density at radius 1 is 1.03 bits per heavy atom. The monoisotopic (exact) mass is 466 g/mol. The van der Waals surface area contributed by atoms with Gasteiger partial charge in [-0.05, 0) is 42.5 Å². The topological polar surface area (TPSA) is 68.3 Å². The lowest BCUT2D eigenvalue weighted by Gasteiger charge is -2.29. The summed E-state index contributed by atoms with van der Waals surface area (Å²) >= 11 is 0. The van der Waals surface area contributed by atoms with Crippen LogP contribution in [0.5, 0.6) is 5.75 Å². The van der Waals surface area contributed by atoms with Gasteiger partial charge in [-0.1, -0.05) is 42.5 Å². The molecule has 34 heavy (non-hydrogen) atoms. The average molecular weight is 467 g/mol. The number of carbonyl (C=O) groups is 2. The van der Waals surface area contributed by atoms with E-state index >= 15 is 0 Å². The van der Waals surface area contributed by atoms with Gasteiger partial charge in [0.05, 0.1) is 26.4 Å². The van der Waals surface area contributed by atoms with Crippen LogP contribution < -0.4 is 4.74 Å². The third-order valence-electron chi connectivity index (χ3n) is 6.54. The first kappa shape index (κ1) is 24.2. The second kappa shape index (κ2) is 12.0. The molecule has 1 unspecified atom stereocenters. The van der Waals surface area contributed by atoms with Crippen LogP contribution in [0.1, 0.15) is 24.0 Å². The first-order valence-electron chi connectivity index (χ1n) is 12.0. The van der Waals surface area contributed by atoms with E-state index in [1.165, 1.54) is 5.56 Å². The summed E-state index contributed by atoms with van der Waals surface area (Å²) in [7, 11) is 1.64. The molecule has 1 atom stereocenters. The number of amides is 2. The van der Waals surface area contributed by atoms with Crippen LogP contribution in [0.3, 0.4) is 0 Å². The summed E-state index contributed by atoms with van der Waals surface area (Å²) in [5.74, 6) is 0.703. The van der Waals surface area contributed by atoms with Gasteiger partial charge in [-0.3, -0.25) is 9.59 Å². The van der Waals surface area contributed by atoms with Gasteiger partial charge in [0, 0.05) is 38.8 Å². The van der Waals surface area contributed by atoms with Gasteiger partial charge in [-0.15, -0.1) is 0 Å². The van der Waals surface area contributed by atoms with E-state index in [9.17, 15) is 9.59 Å². The quantitative estimate of drug-likeness (QED) is 0.599. The Morgan fingerprint density at radius 2 is 1.79 bits per heavy atom. The van der Waals surface area contributed by atoms with E-state index in [0.717, 1.165) is 17.7 Å². The number of hydrogen-bond acceptors (Lipinski definition) is 5. The second-order valence-corrected chi connectivity index (χ2v) is 8.97. The average Bonchev–Trinajstić information content (AvgIpc) is 3.05. The minimum absolute atomic E-state index is 0.0242. The fraction of sp³-hybridized carbons (Fsp3) is 0.481. The maximum absolute atomic E-state index is 13.3. The number of ether oxygens (including phenoxy) is 3. The Kier molecular flexibility index (Phi) is 8.55. The van der Waals surface area contributed by atoms with Crippen LogP contribution in [0.4, 0.5) is 0 Å². The van der Waals surface area contributed by atoms with Gasteiger partial charge in [0.2, 0.25) is 11.8 Å². The number of benzene rings is 2. The summed E-state index contributed by atoms with van der Waals surface area (Å²) in [6.45, 7) is 3.16. The van der Waals surface area contributed by atoms with Gasteiger partial charge < -0.3 is 24.0 Å². The first-order chi connectivity index (χ1) is 16.6. The number of nitrogens with zero attached hydrogens (tertiary/aromatic N) is 2. The van der Waals surface area contributed by atoms with E-state index in [4.69, 9.17) is 14.2 Å². The van der Waals surface area contributed by atoms with Crippen molar-refractivity contribution in [1.82, 2.24) is 9.80 Å². The largest absolute Gasteiger partial charge is 0.497 e. The van der Waals surface area contributed by atoms with Crippen molar-refractivity contribution in [3.05, 3.63) is 65.7 Å². The maximum Gasteiger partial charge on any atom is 0.242 e. The molecule has 0 aliphatic carbocycles. The van der Waals surface area contributed by atoms with E-state index in [-0.39, 0.29) is 30.4 Å². The highest BCUT2D eigenvalue weighted by Crippen LogP contribution is 2.21. The Balaban J connectivity index is 1.45. The number of hydrogen-bond donors (Lipinski definition) is 0. The van der Waals surface area contributed by atoms with Crippen LogP contribution in [-0.2, 0) is 32.1 Å². The smallest absolute Gasteiger partial charge is 0.242 e. The molecule has 2 saturated heterocycles. The molecule has 182 valence electrons. The Morgan fingerprint density at radius 3 is 2.56 bits per heavy atom. The van der Waals surface area contributed by atoms with E-state index in [2.05, 4.69) is 12.1 Å². The van der Waals surface area contributed by atoms with E-state index in [1.54, 1.807) is 12.0 Å². The molecular formula is C27H34N2O5. The van der Waals surface area contributed by atoms with Crippen molar-refractivity contribution >= 4 is 11.8 Å². The van der Waals surface area contributed by atoms with Crippen molar-refractivity contribution in [2.75, 3.05) is 46.5 Å². The van der Waals surface area contributed by atoms with Crippen molar-refractivity contribution in [2.24, 2.45) is 5.92 Å². The molecule has 2 heterocycles. The molecule has 0 N–H and O–H groups in total. The van der Waals surface area contributed by atoms with Crippen molar-refractivity contribution < 1.29 is 23.8 Å². The molecule has 4 rings (SSSR count). The normalized spacial score (nSPS) is 19.7. The lowest BCUT2D eigenvalue weighted by atomic mass is 9.98. The predicted octanol–water partition coefficient (Wildman–Crippen LogP) is 2.92. The number of rotatable bonds is 8. The van der Waals surface area contributed by atoms with Crippen LogP contribution in [-0.4, -0.2) is 74.2 Å². The Hall–Kier alpha value is -2.90. The third kappa shape index (κ3) is 6.58. The van der Waals surface area contributed by atoms with E-state index < -0.39 is 0 Å². The summed E-state index contributed by atoms with van der Waals surface area (Å²) < 4.78 is 17.0. The van der Waals surface area contributed by atoms with Crippen molar-refractivity contribution in [3.8, 4) is 5.75 Å². The van der Waals surface area contributed by atoms with Crippen molar-refractivity contribution in [1.29, 1.82) is 0 Å². The molecule has 2 aliphatic rings. The molecule has 0 saturated carbocycles. The third-order valence-corrected chi connectivity index (χ3v) is 6.54. The fourth-order valence-electron chi connectivity index (χ4n) is 4.56. The molecular weight excluding hydrogens is 432 g/mol. The zero-order valence-electron chi connectivity index (χ0n) is 19.9. The second-order valence-electron chi connectivity index (χ2n) is 8.97. The molecule has 2 fully saturated rings. The fourth-order valence-corrected chi connectivity index (χ4v) is 4.56. The minimum atomic E-state index is -0.266. The minimum Gasteiger partial charge on any atom is -0.497 e. The Bertz CT molecular complexity index is 945. The SMILES string of the molecule is COc1cccc(COC2CN(CCc3ccccc3)C(=O)CN(C(=O)C3CCOCC3)C2)c1. The van der Waals surface area contributed by atoms with Gasteiger partial charge in [0.1, 0.15) is 5.75 Å². The summed E-state index contributed by atoms with van der Waals surface area (Å²) in [6.07, 6.45) is 1.91. The van der Waals surface area contributed by atoms with E-state index in [0.29, 0.717) is 52.3 Å².